The van der Waals surface area contributed by atoms with Gasteiger partial charge >= 0.3 is 0 Å². The first-order chi connectivity index (χ1) is 9.24. The van der Waals surface area contributed by atoms with Gasteiger partial charge in [-0.05, 0) is 73.3 Å². The molecule has 0 unspecified atom stereocenters. The van der Waals surface area contributed by atoms with Gasteiger partial charge < -0.3 is 4.98 Å². The lowest BCUT2D eigenvalue weighted by Crippen LogP contribution is -2.43. The van der Waals surface area contributed by atoms with Gasteiger partial charge in [-0.15, -0.1) is 0 Å². The van der Waals surface area contributed by atoms with Crippen molar-refractivity contribution in [3.05, 3.63) is 28.0 Å². The minimum Gasteiger partial charge on any atom is -0.352 e. The van der Waals surface area contributed by atoms with Gasteiger partial charge in [0.05, 0.1) is 5.56 Å². The lowest BCUT2D eigenvalue weighted by atomic mass is 9.51. The molecule has 0 radical (unpaired) electrons. The fourth-order valence-corrected chi connectivity index (χ4v) is 5.41. The third-order valence-corrected chi connectivity index (χ3v) is 6.00. The summed E-state index contributed by atoms with van der Waals surface area (Å²) in [5.74, 6) is 4.37. The van der Waals surface area contributed by atoms with Crippen LogP contribution in [0.25, 0.3) is 0 Å². The molecule has 3 heteroatoms. The van der Waals surface area contributed by atoms with Crippen LogP contribution in [0.3, 0.4) is 0 Å². The summed E-state index contributed by atoms with van der Waals surface area (Å²) in [6, 6.07) is 4.27. The van der Waals surface area contributed by atoms with E-state index < -0.39 is 0 Å². The Morgan fingerprint density at radius 1 is 1.11 bits per heavy atom. The molecule has 98 valence electrons. The van der Waals surface area contributed by atoms with Gasteiger partial charge in [0.2, 0.25) is 0 Å². The maximum absolute atomic E-state index is 9.16. The summed E-state index contributed by atoms with van der Waals surface area (Å²) < 4.78 is 0.579. The van der Waals surface area contributed by atoms with Crippen molar-refractivity contribution in [2.45, 2.75) is 38.0 Å². The van der Waals surface area contributed by atoms with E-state index in [2.05, 4.69) is 17.3 Å². The summed E-state index contributed by atoms with van der Waals surface area (Å²) in [6.45, 7) is 0. The zero-order valence-corrected chi connectivity index (χ0v) is 11.7. The Kier molecular flexibility index (Phi) is 2.57. The molecule has 0 aromatic carbocycles. The van der Waals surface area contributed by atoms with Gasteiger partial charge in [0, 0.05) is 6.20 Å². The Morgan fingerprint density at radius 3 is 2.32 bits per heavy atom. The predicted molar refractivity (Wildman–Crippen MR) is 76.1 cm³/mol. The third-order valence-electron chi connectivity index (χ3n) is 5.66. The van der Waals surface area contributed by atoms with Gasteiger partial charge in [-0.2, -0.15) is 5.26 Å². The lowest BCUT2D eigenvalue weighted by Gasteiger charge is -2.54. The van der Waals surface area contributed by atoms with E-state index in [4.69, 9.17) is 17.5 Å². The van der Waals surface area contributed by atoms with Crippen molar-refractivity contribution in [2.24, 2.45) is 23.7 Å². The van der Waals surface area contributed by atoms with Crippen molar-refractivity contribution < 1.29 is 0 Å². The van der Waals surface area contributed by atoms with Crippen molar-refractivity contribution in [2.75, 3.05) is 0 Å². The van der Waals surface area contributed by atoms with Crippen molar-refractivity contribution in [1.82, 2.24) is 4.98 Å². The monoisotopic (exact) mass is 270 g/mol. The molecule has 1 aromatic heterocycles. The number of H-pyrrole nitrogens is 1. The minimum absolute atomic E-state index is 0.579. The molecule has 5 rings (SSSR count). The van der Waals surface area contributed by atoms with E-state index in [9.17, 15) is 0 Å². The summed E-state index contributed by atoms with van der Waals surface area (Å²) in [5.41, 5.74) is 1.97. The molecule has 4 bridgehead atoms. The molecular weight excluding hydrogens is 252 g/mol. The quantitative estimate of drug-likeness (QED) is 0.778. The van der Waals surface area contributed by atoms with Crippen molar-refractivity contribution in [3.8, 4) is 6.07 Å². The van der Waals surface area contributed by atoms with Gasteiger partial charge in [0.25, 0.3) is 0 Å². The predicted octanol–water partition coefficient (Wildman–Crippen LogP) is 4.16. The molecule has 0 aliphatic heterocycles. The third kappa shape index (κ3) is 1.77. The van der Waals surface area contributed by atoms with Crippen molar-refractivity contribution in [3.63, 3.8) is 0 Å². The van der Waals surface area contributed by atoms with Crippen LogP contribution in [0, 0.1) is 39.6 Å². The molecule has 0 atom stereocenters. The van der Waals surface area contributed by atoms with Gasteiger partial charge in [-0.3, -0.25) is 0 Å². The maximum atomic E-state index is 9.16. The molecular formula is C16H18N2S. The SMILES string of the molecule is N#Cc1cc(C2C3CC4CC(C3)CC2C4)c[nH]c1=S. The first kappa shape index (κ1) is 11.7. The second kappa shape index (κ2) is 4.18. The molecule has 0 spiro atoms. The van der Waals surface area contributed by atoms with E-state index in [0.717, 1.165) is 23.7 Å². The van der Waals surface area contributed by atoms with Crippen LogP contribution in [0.4, 0.5) is 0 Å². The van der Waals surface area contributed by atoms with Crippen LogP contribution in [0.2, 0.25) is 0 Å². The van der Waals surface area contributed by atoms with Crippen LogP contribution in [0.1, 0.15) is 49.1 Å². The van der Waals surface area contributed by atoms with E-state index in [1.807, 2.05) is 6.07 Å². The van der Waals surface area contributed by atoms with Crippen LogP contribution in [-0.4, -0.2) is 4.98 Å². The Hall–Kier alpha value is -1.14. The molecule has 2 nitrogen and oxygen atoms in total. The van der Waals surface area contributed by atoms with Crippen LogP contribution in [0.15, 0.2) is 12.3 Å². The summed E-state index contributed by atoms with van der Waals surface area (Å²) in [5, 5.41) is 9.16. The normalized spacial score (nSPS) is 39.2. The highest BCUT2D eigenvalue weighted by Crippen LogP contribution is 2.59. The first-order valence-corrected chi connectivity index (χ1v) is 7.78. The van der Waals surface area contributed by atoms with E-state index in [1.165, 1.54) is 37.7 Å². The summed E-state index contributed by atoms with van der Waals surface area (Å²) in [4.78, 5) is 3.12. The standard InChI is InChI=1S/C16H18N2S/c17-7-13-6-14(8-18-16(13)19)15-11-2-9-1-10(4-11)5-12(15)3-9/h6,8-12,15H,1-5H2,(H,18,19). The van der Waals surface area contributed by atoms with Crippen LogP contribution < -0.4 is 0 Å². The Balaban J connectivity index is 1.73. The molecule has 1 heterocycles. The van der Waals surface area contributed by atoms with E-state index in [-0.39, 0.29) is 0 Å². The Bertz CT molecular complexity index is 582. The molecule has 19 heavy (non-hydrogen) atoms. The van der Waals surface area contributed by atoms with E-state index >= 15 is 0 Å². The largest absolute Gasteiger partial charge is 0.352 e. The highest BCUT2D eigenvalue weighted by Gasteiger charge is 2.48. The zero-order chi connectivity index (χ0) is 13.0. The average Bonchev–Trinajstić information content (AvgIpc) is 2.39. The fourth-order valence-electron chi connectivity index (χ4n) is 5.25. The molecule has 4 aliphatic rings. The molecule has 4 saturated carbocycles. The smallest absolute Gasteiger partial charge is 0.121 e. The molecule has 4 fully saturated rings. The second-order valence-corrected chi connectivity index (χ2v) is 7.15. The lowest BCUT2D eigenvalue weighted by molar-refractivity contribution is -0.00289. The van der Waals surface area contributed by atoms with Gasteiger partial charge in [0.15, 0.2) is 0 Å². The Labute approximate surface area is 118 Å². The number of aromatic amines is 1. The van der Waals surface area contributed by atoms with Gasteiger partial charge in [0.1, 0.15) is 10.7 Å². The number of nitrogens with one attached hydrogen (secondary N) is 1. The highest BCUT2D eigenvalue weighted by atomic mass is 32.1. The molecule has 0 saturated heterocycles. The number of nitrogens with zero attached hydrogens (tertiary/aromatic N) is 1. The Morgan fingerprint density at radius 2 is 1.74 bits per heavy atom. The van der Waals surface area contributed by atoms with Crippen molar-refractivity contribution >= 4 is 12.2 Å². The molecule has 0 amide bonds. The van der Waals surface area contributed by atoms with E-state index in [1.54, 1.807) is 0 Å². The number of hydrogen-bond donors (Lipinski definition) is 1. The van der Waals surface area contributed by atoms with Crippen LogP contribution in [-0.2, 0) is 0 Å². The number of nitriles is 1. The summed E-state index contributed by atoms with van der Waals surface area (Å²) >= 11 is 5.16. The molecule has 4 aliphatic carbocycles. The average molecular weight is 270 g/mol. The molecule has 1 aromatic rings. The van der Waals surface area contributed by atoms with Gasteiger partial charge in [-0.1, -0.05) is 12.2 Å². The fraction of sp³-hybridized carbons (Fsp3) is 0.625. The summed E-state index contributed by atoms with van der Waals surface area (Å²) in [6.07, 6.45) is 9.20. The number of pyridine rings is 1. The first-order valence-electron chi connectivity index (χ1n) is 7.37. The van der Waals surface area contributed by atoms with Crippen LogP contribution in [0.5, 0.6) is 0 Å². The molecule has 1 N–H and O–H groups in total. The van der Waals surface area contributed by atoms with E-state index in [0.29, 0.717) is 16.1 Å². The number of aromatic nitrogens is 1. The van der Waals surface area contributed by atoms with Crippen LogP contribution >= 0.6 is 12.2 Å². The summed E-state index contributed by atoms with van der Waals surface area (Å²) in [7, 11) is 0. The second-order valence-electron chi connectivity index (χ2n) is 6.74. The van der Waals surface area contributed by atoms with Gasteiger partial charge in [-0.25, -0.2) is 0 Å². The number of hydrogen-bond acceptors (Lipinski definition) is 2. The number of rotatable bonds is 1. The zero-order valence-electron chi connectivity index (χ0n) is 10.9. The maximum Gasteiger partial charge on any atom is 0.121 e. The minimum atomic E-state index is 0.579. The topological polar surface area (TPSA) is 39.6 Å². The van der Waals surface area contributed by atoms with Crippen molar-refractivity contribution in [1.29, 1.82) is 5.26 Å². The highest BCUT2D eigenvalue weighted by molar-refractivity contribution is 7.71.